The zero-order valence-corrected chi connectivity index (χ0v) is 17.8. The van der Waals surface area contributed by atoms with Gasteiger partial charge in [0.2, 0.25) is 11.8 Å². The van der Waals surface area contributed by atoms with Gasteiger partial charge in [0.15, 0.2) is 0 Å². The second-order valence-electron chi connectivity index (χ2n) is 9.43. The molecular formula is C24H30N4O2. The molecule has 1 aliphatic carbocycles. The third-order valence-corrected chi connectivity index (χ3v) is 7.75. The van der Waals surface area contributed by atoms with E-state index in [0.717, 1.165) is 32.1 Å². The maximum Gasteiger partial charge on any atom is 0.244 e. The van der Waals surface area contributed by atoms with Gasteiger partial charge in [-0.15, -0.1) is 0 Å². The highest BCUT2D eigenvalue weighted by atomic mass is 16.2. The standard InChI is InChI=1S/C24H30N4O2/c1-17(29)27-20-15-24(2)21(27)10-6-11-22(24)28(23(30)16-26-13-7-12-25-26)19(20)14-18-8-4-3-5-9-18/h3-5,7-9,12-13,19-22H,6,10-11,14-16H2,1-2H3/t19-,20-,21-,22+,24-/m0/s1. The summed E-state index contributed by atoms with van der Waals surface area (Å²) in [6.45, 7) is 4.26. The average molecular weight is 407 g/mol. The van der Waals surface area contributed by atoms with Crippen LogP contribution in [0.5, 0.6) is 0 Å². The largest absolute Gasteiger partial charge is 0.334 e. The maximum atomic E-state index is 13.7. The Bertz CT molecular complexity index is 928. The molecule has 0 N–H and O–H groups in total. The Morgan fingerprint density at radius 3 is 2.50 bits per heavy atom. The molecule has 0 spiro atoms. The minimum atomic E-state index is -0.0262. The highest BCUT2D eigenvalue weighted by Gasteiger charge is 2.64. The quantitative estimate of drug-likeness (QED) is 0.785. The number of carbonyl (C=O) groups is 2. The van der Waals surface area contributed by atoms with Crippen LogP contribution >= 0.6 is 0 Å². The molecule has 158 valence electrons. The summed E-state index contributed by atoms with van der Waals surface area (Å²) in [5.74, 6) is 0.264. The first-order valence-electron chi connectivity index (χ1n) is 11.1. The zero-order valence-electron chi connectivity index (χ0n) is 17.8. The molecule has 0 radical (unpaired) electrons. The van der Waals surface area contributed by atoms with Crippen LogP contribution in [0.4, 0.5) is 0 Å². The van der Waals surface area contributed by atoms with Crippen LogP contribution in [0.25, 0.3) is 0 Å². The van der Waals surface area contributed by atoms with Crippen molar-refractivity contribution in [1.82, 2.24) is 19.6 Å². The highest BCUT2D eigenvalue weighted by molar-refractivity contribution is 5.79. The fourth-order valence-electron chi connectivity index (χ4n) is 6.61. The monoisotopic (exact) mass is 406 g/mol. The number of hydrogen-bond donors (Lipinski definition) is 0. The summed E-state index contributed by atoms with van der Waals surface area (Å²) in [5.41, 5.74) is 1.19. The van der Waals surface area contributed by atoms with Crippen LogP contribution < -0.4 is 0 Å². The molecule has 2 bridgehead atoms. The van der Waals surface area contributed by atoms with Gasteiger partial charge < -0.3 is 9.80 Å². The van der Waals surface area contributed by atoms with E-state index in [1.807, 2.05) is 30.5 Å². The summed E-state index contributed by atoms with van der Waals surface area (Å²) >= 11 is 0. The summed E-state index contributed by atoms with van der Waals surface area (Å²) in [6, 6.07) is 12.7. The Hall–Kier alpha value is -2.63. The van der Waals surface area contributed by atoms with E-state index >= 15 is 0 Å². The third-order valence-electron chi connectivity index (χ3n) is 7.75. The predicted octanol–water partition coefficient (Wildman–Crippen LogP) is 2.88. The third kappa shape index (κ3) is 2.96. The number of nitrogens with zero attached hydrogens (tertiary/aromatic N) is 4. The van der Waals surface area contributed by atoms with Gasteiger partial charge in [0.25, 0.3) is 0 Å². The van der Waals surface area contributed by atoms with Gasteiger partial charge in [-0.1, -0.05) is 37.3 Å². The number of carbonyl (C=O) groups excluding carboxylic acids is 2. The Labute approximate surface area is 177 Å². The number of benzene rings is 1. The molecule has 1 saturated carbocycles. The zero-order chi connectivity index (χ0) is 20.9. The lowest BCUT2D eigenvalue weighted by Gasteiger charge is -2.53. The molecule has 2 aliphatic heterocycles. The Morgan fingerprint density at radius 2 is 1.83 bits per heavy atom. The van der Waals surface area contributed by atoms with E-state index in [1.54, 1.807) is 17.8 Å². The van der Waals surface area contributed by atoms with E-state index in [2.05, 4.69) is 34.0 Å². The molecule has 1 aromatic carbocycles. The lowest BCUT2D eigenvalue weighted by molar-refractivity contribution is -0.146. The molecule has 0 unspecified atom stereocenters. The van der Waals surface area contributed by atoms with Crippen LogP contribution in [0.2, 0.25) is 0 Å². The van der Waals surface area contributed by atoms with Gasteiger partial charge in [-0.3, -0.25) is 14.3 Å². The van der Waals surface area contributed by atoms with Crippen LogP contribution in [0.1, 0.15) is 45.1 Å². The average Bonchev–Trinajstić information content (AvgIpc) is 3.33. The molecule has 2 aromatic rings. The second kappa shape index (κ2) is 7.25. The molecule has 2 amide bonds. The number of fused-ring (bicyclic) bond motifs is 1. The molecular weight excluding hydrogens is 376 g/mol. The first-order chi connectivity index (χ1) is 14.5. The van der Waals surface area contributed by atoms with Crippen molar-refractivity contribution in [3.8, 4) is 0 Å². The minimum Gasteiger partial charge on any atom is -0.334 e. The summed E-state index contributed by atoms with van der Waals surface area (Å²) in [6.07, 6.45) is 8.44. The molecule has 6 nitrogen and oxygen atoms in total. The number of piperidine rings is 1. The van der Waals surface area contributed by atoms with Gasteiger partial charge in [-0.25, -0.2) is 0 Å². The predicted molar refractivity (Wildman–Crippen MR) is 113 cm³/mol. The van der Waals surface area contributed by atoms with Crippen molar-refractivity contribution in [2.45, 2.75) is 76.7 Å². The molecule has 2 saturated heterocycles. The van der Waals surface area contributed by atoms with Crippen molar-refractivity contribution in [3.05, 3.63) is 54.4 Å². The number of rotatable bonds is 4. The molecule has 3 fully saturated rings. The molecule has 5 atom stereocenters. The van der Waals surface area contributed by atoms with Crippen molar-refractivity contribution in [2.24, 2.45) is 5.41 Å². The lowest BCUT2D eigenvalue weighted by atomic mass is 9.64. The van der Waals surface area contributed by atoms with Gasteiger partial charge in [-0.05, 0) is 43.7 Å². The van der Waals surface area contributed by atoms with E-state index in [4.69, 9.17) is 0 Å². The van der Waals surface area contributed by atoms with Crippen LogP contribution in [-0.4, -0.2) is 55.6 Å². The summed E-state index contributed by atoms with van der Waals surface area (Å²) in [4.78, 5) is 30.7. The van der Waals surface area contributed by atoms with E-state index < -0.39 is 0 Å². The SMILES string of the molecule is CC(=O)N1[C@H]2CCC[C@H]3N(C(=O)Cn4cccn4)[C@@H](Cc4ccccc4)[C@@H]1C[C@@]23C. The van der Waals surface area contributed by atoms with Crippen LogP contribution in [0, 0.1) is 5.41 Å². The molecule has 3 heterocycles. The molecule has 6 heteroatoms. The fourth-order valence-corrected chi connectivity index (χ4v) is 6.61. The van der Waals surface area contributed by atoms with Crippen LogP contribution in [0.15, 0.2) is 48.8 Å². The normalized spacial score (nSPS) is 32.3. The Kier molecular flexibility index (Phi) is 4.68. The van der Waals surface area contributed by atoms with Gasteiger partial charge in [0.05, 0.1) is 12.1 Å². The maximum absolute atomic E-state index is 13.7. The van der Waals surface area contributed by atoms with Gasteiger partial charge in [0.1, 0.15) is 6.54 Å². The summed E-state index contributed by atoms with van der Waals surface area (Å²) in [5, 5.41) is 4.26. The van der Waals surface area contributed by atoms with E-state index in [1.165, 1.54) is 5.56 Å². The first kappa shape index (κ1) is 19.3. The van der Waals surface area contributed by atoms with E-state index in [9.17, 15) is 9.59 Å². The highest BCUT2D eigenvalue weighted by Crippen LogP contribution is 2.56. The Balaban J connectivity index is 1.56. The smallest absolute Gasteiger partial charge is 0.244 e. The Morgan fingerprint density at radius 1 is 1.10 bits per heavy atom. The number of amides is 2. The number of hydrogen-bond acceptors (Lipinski definition) is 3. The number of likely N-dealkylation sites (tertiary alicyclic amines) is 2. The van der Waals surface area contributed by atoms with Crippen molar-refractivity contribution in [2.75, 3.05) is 0 Å². The van der Waals surface area contributed by atoms with Crippen molar-refractivity contribution >= 4 is 11.8 Å². The van der Waals surface area contributed by atoms with Gasteiger partial charge in [0, 0.05) is 36.8 Å². The van der Waals surface area contributed by atoms with Crippen molar-refractivity contribution in [3.63, 3.8) is 0 Å². The topological polar surface area (TPSA) is 58.4 Å². The summed E-state index contributed by atoms with van der Waals surface area (Å²) < 4.78 is 1.71. The van der Waals surface area contributed by atoms with Crippen molar-refractivity contribution < 1.29 is 9.59 Å². The fraction of sp³-hybridized carbons (Fsp3) is 0.542. The second-order valence-corrected chi connectivity index (χ2v) is 9.43. The molecule has 1 aromatic heterocycles. The molecule has 5 rings (SSSR count). The summed E-state index contributed by atoms with van der Waals surface area (Å²) in [7, 11) is 0. The van der Waals surface area contributed by atoms with E-state index in [0.29, 0.717) is 0 Å². The van der Waals surface area contributed by atoms with Gasteiger partial charge >= 0.3 is 0 Å². The van der Waals surface area contributed by atoms with Crippen LogP contribution in [-0.2, 0) is 22.6 Å². The number of aromatic nitrogens is 2. The van der Waals surface area contributed by atoms with E-state index in [-0.39, 0.29) is 47.9 Å². The molecule has 3 aliphatic rings. The van der Waals surface area contributed by atoms with Crippen LogP contribution in [0.3, 0.4) is 0 Å². The molecule has 30 heavy (non-hydrogen) atoms. The first-order valence-corrected chi connectivity index (χ1v) is 11.1. The van der Waals surface area contributed by atoms with Gasteiger partial charge in [-0.2, -0.15) is 5.10 Å². The lowest BCUT2D eigenvalue weighted by Crippen LogP contribution is -2.63. The van der Waals surface area contributed by atoms with Crippen molar-refractivity contribution in [1.29, 1.82) is 0 Å². The minimum absolute atomic E-state index is 0.000497.